The predicted octanol–water partition coefficient (Wildman–Crippen LogP) is 1.66. The fraction of sp³-hybridized carbons (Fsp3) is 0.167. The standard InChI is InChI=1S/C12H13N3O2/c1-15-6-5-13-12(15)9-3-4-10(14-8-16)11(7-9)17-2/h3-8H,1-2H3,(H,14,16). The fourth-order valence-corrected chi connectivity index (χ4v) is 1.66. The van der Waals surface area contributed by atoms with Crippen LogP contribution in [0.4, 0.5) is 5.69 Å². The Kier molecular flexibility index (Phi) is 3.09. The van der Waals surface area contributed by atoms with Crippen molar-refractivity contribution in [1.82, 2.24) is 9.55 Å². The summed E-state index contributed by atoms with van der Waals surface area (Å²) in [5.74, 6) is 1.46. The summed E-state index contributed by atoms with van der Waals surface area (Å²) in [6, 6.07) is 5.52. The molecular formula is C12H13N3O2. The summed E-state index contributed by atoms with van der Waals surface area (Å²) in [4.78, 5) is 14.7. The van der Waals surface area contributed by atoms with E-state index in [-0.39, 0.29) is 0 Å². The van der Waals surface area contributed by atoms with Gasteiger partial charge >= 0.3 is 0 Å². The fourth-order valence-electron chi connectivity index (χ4n) is 1.66. The van der Waals surface area contributed by atoms with E-state index < -0.39 is 0 Å². The van der Waals surface area contributed by atoms with Crippen LogP contribution in [0.25, 0.3) is 11.4 Å². The maximum atomic E-state index is 10.4. The number of hydrogen-bond acceptors (Lipinski definition) is 3. The van der Waals surface area contributed by atoms with Crippen molar-refractivity contribution in [2.75, 3.05) is 12.4 Å². The molecule has 0 spiro atoms. The predicted molar refractivity (Wildman–Crippen MR) is 64.9 cm³/mol. The molecule has 0 aliphatic rings. The van der Waals surface area contributed by atoms with Gasteiger partial charge in [0.15, 0.2) is 0 Å². The molecule has 0 fully saturated rings. The molecule has 0 aliphatic heterocycles. The Balaban J connectivity index is 2.44. The Labute approximate surface area is 99.0 Å². The molecule has 17 heavy (non-hydrogen) atoms. The number of hydrogen-bond donors (Lipinski definition) is 1. The first kappa shape index (κ1) is 11.2. The van der Waals surface area contributed by atoms with Gasteiger partial charge in [0, 0.05) is 25.0 Å². The van der Waals surface area contributed by atoms with Crippen molar-refractivity contribution >= 4 is 12.1 Å². The van der Waals surface area contributed by atoms with Crippen LogP contribution in [0.3, 0.4) is 0 Å². The summed E-state index contributed by atoms with van der Waals surface area (Å²) in [5, 5.41) is 2.58. The van der Waals surface area contributed by atoms with Crippen LogP contribution in [-0.2, 0) is 11.8 Å². The van der Waals surface area contributed by atoms with Gasteiger partial charge in [-0.15, -0.1) is 0 Å². The lowest BCUT2D eigenvalue weighted by atomic mass is 10.1. The number of methoxy groups -OCH3 is 1. The van der Waals surface area contributed by atoms with E-state index in [9.17, 15) is 4.79 Å². The summed E-state index contributed by atoms with van der Waals surface area (Å²) in [6.45, 7) is 0. The number of aromatic nitrogens is 2. The number of aryl methyl sites for hydroxylation is 1. The third-order valence-electron chi connectivity index (χ3n) is 2.50. The van der Waals surface area contributed by atoms with Crippen molar-refractivity contribution in [1.29, 1.82) is 0 Å². The molecule has 0 saturated heterocycles. The van der Waals surface area contributed by atoms with E-state index in [4.69, 9.17) is 4.74 Å². The lowest BCUT2D eigenvalue weighted by Crippen LogP contribution is -1.98. The Bertz CT molecular complexity index is 534. The zero-order valence-corrected chi connectivity index (χ0v) is 9.68. The number of nitrogens with one attached hydrogen (secondary N) is 1. The number of anilines is 1. The number of nitrogens with zero attached hydrogens (tertiary/aromatic N) is 2. The smallest absolute Gasteiger partial charge is 0.211 e. The average Bonchev–Trinajstić information content (AvgIpc) is 2.76. The Morgan fingerprint density at radius 1 is 1.47 bits per heavy atom. The molecule has 2 aromatic rings. The van der Waals surface area contributed by atoms with E-state index in [1.165, 1.54) is 0 Å². The first-order chi connectivity index (χ1) is 8.26. The molecule has 2 rings (SSSR count). The monoisotopic (exact) mass is 231 g/mol. The van der Waals surface area contributed by atoms with Crippen molar-refractivity contribution in [3.8, 4) is 17.1 Å². The zero-order chi connectivity index (χ0) is 12.3. The summed E-state index contributed by atoms with van der Waals surface area (Å²) < 4.78 is 7.14. The molecule has 5 nitrogen and oxygen atoms in total. The number of benzene rings is 1. The van der Waals surface area contributed by atoms with Crippen molar-refractivity contribution in [3.05, 3.63) is 30.6 Å². The average molecular weight is 231 g/mol. The molecule has 0 aliphatic carbocycles. The van der Waals surface area contributed by atoms with Crippen LogP contribution < -0.4 is 10.1 Å². The van der Waals surface area contributed by atoms with Gasteiger partial charge < -0.3 is 14.6 Å². The highest BCUT2D eigenvalue weighted by molar-refractivity contribution is 5.77. The van der Waals surface area contributed by atoms with Crippen molar-refractivity contribution in [3.63, 3.8) is 0 Å². The zero-order valence-electron chi connectivity index (χ0n) is 9.68. The van der Waals surface area contributed by atoms with Gasteiger partial charge in [0.25, 0.3) is 0 Å². The molecule has 0 atom stereocenters. The molecule has 1 N–H and O–H groups in total. The molecule has 0 saturated carbocycles. The number of ether oxygens (including phenoxy) is 1. The summed E-state index contributed by atoms with van der Waals surface area (Å²) >= 11 is 0. The highest BCUT2D eigenvalue weighted by Gasteiger charge is 2.08. The topological polar surface area (TPSA) is 56.1 Å². The Hall–Kier alpha value is -2.30. The van der Waals surface area contributed by atoms with Crippen LogP contribution in [0, 0.1) is 0 Å². The van der Waals surface area contributed by atoms with E-state index in [0.717, 1.165) is 11.4 Å². The molecular weight excluding hydrogens is 218 g/mol. The third kappa shape index (κ3) is 2.13. The van der Waals surface area contributed by atoms with Gasteiger partial charge in [-0.05, 0) is 18.2 Å². The minimum atomic E-state index is 0.609. The van der Waals surface area contributed by atoms with Gasteiger partial charge in [-0.2, -0.15) is 0 Å². The van der Waals surface area contributed by atoms with Crippen LogP contribution in [0.2, 0.25) is 0 Å². The third-order valence-corrected chi connectivity index (χ3v) is 2.50. The molecule has 0 bridgehead atoms. The lowest BCUT2D eigenvalue weighted by molar-refractivity contribution is -0.105. The SMILES string of the molecule is COc1cc(-c2nccn2C)ccc1NC=O. The summed E-state index contributed by atoms with van der Waals surface area (Å²) in [7, 11) is 3.49. The molecule has 1 heterocycles. The van der Waals surface area contributed by atoms with Crippen molar-refractivity contribution in [2.45, 2.75) is 0 Å². The van der Waals surface area contributed by atoms with Gasteiger partial charge in [-0.3, -0.25) is 4.79 Å². The van der Waals surface area contributed by atoms with Crippen LogP contribution in [-0.4, -0.2) is 23.1 Å². The van der Waals surface area contributed by atoms with E-state index in [1.54, 1.807) is 19.4 Å². The second-order valence-electron chi connectivity index (χ2n) is 3.54. The minimum absolute atomic E-state index is 0.609. The van der Waals surface area contributed by atoms with E-state index in [0.29, 0.717) is 17.8 Å². The molecule has 0 radical (unpaired) electrons. The van der Waals surface area contributed by atoms with Gasteiger partial charge in [0.1, 0.15) is 11.6 Å². The number of imidazole rings is 1. The Morgan fingerprint density at radius 2 is 2.29 bits per heavy atom. The van der Waals surface area contributed by atoms with Crippen LogP contribution in [0.5, 0.6) is 5.75 Å². The molecule has 1 amide bonds. The maximum Gasteiger partial charge on any atom is 0.211 e. The molecule has 0 unspecified atom stereocenters. The molecule has 1 aromatic carbocycles. The largest absolute Gasteiger partial charge is 0.495 e. The maximum absolute atomic E-state index is 10.4. The van der Waals surface area contributed by atoms with Gasteiger partial charge in [-0.1, -0.05) is 0 Å². The van der Waals surface area contributed by atoms with Crippen LogP contribution in [0.1, 0.15) is 0 Å². The lowest BCUT2D eigenvalue weighted by Gasteiger charge is -2.09. The first-order valence-electron chi connectivity index (χ1n) is 5.12. The van der Waals surface area contributed by atoms with Crippen molar-refractivity contribution < 1.29 is 9.53 Å². The van der Waals surface area contributed by atoms with Crippen molar-refractivity contribution in [2.24, 2.45) is 7.05 Å². The van der Waals surface area contributed by atoms with Gasteiger partial charge in [0.2, 0.25) is 6.41 Å². The summed E-state index contributed by atoms with van der Waals surface area (Å²) in [6.07, 6.45) is 4.23. The highest BCUT2D eigenvalue weighted by Crippen LogP contribution is 2.29. The van der Waals surface area contributed by atoms with E-state index in [2.05, 4.69) is 10.3 Å². The highest BCUT2D eigenvalue weighted by atomic mass is 16.5. The number of rotatable bonds is 4. The van der Waals surface area contributed by atoms with Gasteiger partial charge in [0.05, 0.1) is 12.8 Å². The Morgan fingerprint density at radius 3 is 2.88 bits per heavy atom. The first-order valence-corrected chi connectivity index (χ1v) is 5.12. The minimum Gasteiger partial charge on any atom is -0.495 e. The second-order valence-corrected chi connectivity index (χ2v) is 3.54. The van der Waals surface area contributed by atoms with E-state index in [1.807, 2.05) is 29.9 Å². The molecule has 1 aromatic heterocycles. The molecule has 5 heteroatoms. The summed E-state index contributed by atoms with van der Waals surface area (Å²) in [5.41, 5.74) is 1.58. The quantitative estimate of drug-likeness (QED) is 0.814. The molecule has 88 valence electrons. The number of carbonyl (C=O) groups is 1. The number of carbonyl (C=O) groups excluding carboxylic acids is 1. The van der Waals surface area contributed by atoms with Crippen LogP contribution in [0.15, 0.2) is 30.6 Å². The second kappa shape index (κ2) is 4.69. The normalized spacial score (nSPS) is 10.0. The van der Waals surface area contributed by atoms with E-state index >= 15 is 0 Å². The number of amides is 1. The van der Waals surface area contributed by atoms with Gasteiger partial charge in [-0.25, -0.2) is 4.98 Å². The van der Waals surface area contributed by atoms with Crippen LogP contribution >= 0.6 is 0 Å².